The lowest BCUT2D eigenvalue weighted by Gasteiger charge is -2.10. The summed E-state index contributed by atoms with van der Waals surface area (Å²) in [5, 5.41) is 7.10. The second-order valence-electron chi connectivity index (χ2n) is 5.18. The number of hydrogen-bond acceptors (Lipinski definition) is 6. The highest BCUT2D eigenvalue weighted by Gasteiger charge is 2.16. The van der Waals surface area contributed by atoms with Crippen LogP contribution in [0.1, 0.15) is 25.7 Å². The molecule has 7 nitrogen and oxygen atoms in total. The topological polar surface area (TPSA) is 94.3 Å². The van der Waals surface area contributed by atoms with Crippen LogP contribution in [0.2, 0.25) is 5.02 Å². The van der Waals surface area contributed by atoms with E-state index in [1.165, 1.54) is 7.11 Å². The van der Waals surface area contributed by atoms with Crippen molar-refractivity contribution in [1.82, 2.24) is 15.5 Å². The quantitative estimate of drug-likeness (QED) is 0.770. The number of benzene rings is 1. The van der Waals surface area contributed by atoms with Gasteiger partial charge in [0.2, 0.25) is 17.6 Å². The van der Waals surface area contributed by atoms with Gasteiger partial charge in [-0.1, -0.05) is 16.8 Å². The minimum absolute atomic E-state index is 0.231. The Bertz CT molecular complexity index is 700. The average Bonchev–Trinajstić information content (AvgIpc) is 3.03. The number of amides is 1. The Labute approximate surface area is 144 Å². The van der Waals surface area contributed by atoms with Crippen molar-refractivity contribution >= 4 is 23.5 Å². The molecule has 0 spiro atoms. The molecule has 1 amide bonds. The van der Waals surface area contributed by atoms with E-state index in [0.29, 0.717) is 29.6 Å². The van der Waals surface area contributed by atoms with E-state index in [0.717, 1.165) is 5.56 Å². The first kappa shape index (κ1) is 17.9. The minimum Gasteiger partial charge on any atom is -0.467 e. The van der Waals surface area contributed by atoms with E-state index in [4.69, 9.17) is 16.1 Å². The Balaban J connectivity index is 1.80. The van der Waals surface area contributed by atoms with Crippen LogP contribution in [0.25, 0.3) is 11.4 Å². The molecule has 128 valence electrons. The molecule has 1 heterocycles. The van der Waals surface area contributed by atoms with Crippen LogP contribution in [-0.2, 0) is 20.7 Å². The van der Waals surface area contributed by atoms with Crippen molar-refractivity contribution in [3.05, 3.63) is 35.2 Å². The Morgan fingerprint density at radius 1 is 1.33 bits per heavy atom. The number of ether oxygens (including phenoxy) is 1. The third kappa shape index (κ3) is 5.06. The third-order valence-corrected chi connectivity index (χ3v) is 3.55. The Hall–Kier alpha value is -2.41. The van der Waals surface area contributed by atoms with E-state index in [1.807, 2.05) is 0 Å². The lowest BCUT2D eigenvalue weighted by molar-refractivity contribution is -0.144. The molecule has 0 aliphatic rings. The van der Waals surface area contributed by atoms with E-state index >= 15 is 0 Å². The Morgan fingerprint density at radius 2 is 2.04 bits per heavy atom. The lowest BCUT2D eigenvalue weighted by atomic mass is 10.2. The fourth-order valence-corrected chi connectivity index (χ4v) is 2.15. The van der Waals surface area contributed by atoms with Gasteiger partial charge >= 0.3 is 5.97 Å². The predicted octanol–water partition coefficient (Wildman–Crippen LogP) is 2.39. The molecule has 0 aliphatic carbocycles. The summed E-state index contributed by atoms with van der Waals surface area (Å²) in [5.74, 6) is 0.220. The van der Waals surface area contributed by atoms with Gasteiger partial charge in [-0.2, -0.15) is 4.98 Å². The number of rotatable bonds is 7. The standard InChI is InChI=1S/C16H18ClN3O4/c1-10(16(22)23-2)18-13(21)4-3-5-14-19-15(20-24-14)11-6-8-12(17)9-7-11/h6-10H,3-5H2,1-2H3,(H,18,21)/t10-/m0/s1. The fraction of sp³-hybridized carbons (Fsp3) is 0.375. The number of carbonyl (C=O) groups excluding carboxylic acids is 2. The van der Waals surface area contributed by atoms with E-state index < -0.39 is 12.0 Å². The van der Waals surface area contributed by atoms with Crippen LogP contribution in [-0.4, -0.2) is 35.2 Å². The average molecular weight is 352 g/mol. The normalized spacial score (nSPS) is 11.8. The van der Waals surface area contributed by atoms with Crippen LogP contribution in [0.3, 0.4) is 0 Å². The number of methoxy groups -OCH3 is 1. The van der Waals surface area contributed by atoms with Gasteiger partial charge in [0.05, 0.1) is 7.11 Å². The molecule has 2 rings (SSSR count). The number of hydrogen-bond donors (Lipinski definition) is 1. The Morgan fingerprint density at radius 3 is 2.71 bits per heavy atom. The predicted molar refractivity (Wildman–Crippen MR) is 87.3 cm³/mol. The molecule has 1 aromatic heterocycles. The van der Waals surface area contributed by atoms with Crippen molar-refractivity contribution in [1.29, 1.82) is 0 Å². The van der Waals surface area contributed by atoms with Crippen molar-refractivity contribution < 1.29 is 18.8 Å². The van der Waals surface area contributed by atoms with Gasteiger partial charge in [0.25, 0.3) is 0 Å². The Kier molecular flexibility index (Phi) is 6.31. The molecule has 0 bridgehead atoms. The van der Waals surface area contributed by atoms with Crippen LogP contribution in [0.5, 0.6) is 0 Å². The third-order valence-electron chi connectivity index (χ3n) is 3.30. The van der Waals surface area contributed by atoms with Gasteiger partial charge in [-0.3, -0.25) is 4.79 Å². The summed E-state index contributed by atoms with van der Waals surface area (Å²) in [5.41, 5.74) is 0.805. The SMILES string of the molecule is COC(=O)[C@H](C)NC(=O)CCCc1nc(-c2ccc(Cl)cc2)no1. The van der Waals surface area contributed by atoms with Crippen LogP contribution >= 0.6 is 11.6 Å². The highest BCUT2D eigenvalue weighted by Crippen LogP contribution is 2.19. The first-order chi connectivity index (χ1) is 11.5. The van der Waals surface area contributed by atoms with Gasteiger partial charge in [0.15, 0.2) is 0 Å². The molecule has 1 N–H and O–H groups in total. The fourth-order valence-electron chi connectivity index (χ4n) is 2.02. The highest BCUT2D eigenvalue weighted by atomic mass is 35.5. The first-order valence-electron chi connectivity index (χ1n) is 7.45. The molecular weight excluding hydrogens is 334 g/mol. The molecule has 0 saturated heterocycles. The maximum absolute atomic E-state index is 11.7. The van der Waals surface area contributed by atoms with E-state index in [1.54, 1.807) is 31.2 Å². The molecule has 1 atom stereocenters. The molecule has 8 heteroatoms. The molecule has 0 saturated carbocycles. The van der Waals surface area contributed by atoms with Gasteiger partial charge in [-0.25, -0.2) is 4.79 Å². The second kappa shape index (κ2) is 8.44. The van der Waals surface area contributed by atoms with Gasteiger partial charge in [0.1, 0.15) is 6.04 Å². The number of aryl methyl sites for hydroxylation is 1. The van der Waals surface area contributed by atoms with Crippen molar-refractivity contribution in [2.75, 3.05) is 7.11 Å². The molecule has 1 aromatic carbocycles. The van der Waals surface area contributed by atoms with E-state index in [2.05, 4.69) is 20.2 Å². The monoisotopic (exact) mass is 351 g/mol. The molecule has 2 aromatic rings. The lowest BCUT2D eigenvalue weighted by Crippen LogP contribution is -2.39. The number of nitrogens with zero attached hydrogens (tertiary/aromatic N) is 2. The number of esters is 1. The summed E-state index contributed by atoms with van der Waals surface area (Å²) in [7, 11) is 1.28. The van der Waals surface area contributed by atoms with Crippen molar-refractivity contribution in [2.45, 2.75) is 32.2 Å². The summed E-state index contributed by atoms with van der Waals surface area (Å²) in [6.45, 7) is 1.57. The first-order valence-corrected chi connectivity index (χ1v) is 7.83. The summed E-state index contributed by atoms with van der Waals surface area (Å²) >= 11 is 5.84. The zero-order valence-corrected chi connectivity index (χ0v) is 14.2. The van der Waals surface area contributed by atoms with E-state index in [9.17, 15) is 9.59 Å². The van der Waals surface area contributed by atoms with Crippen molar-refractivity contribution in [2.24, 2.45) is 0 Å². The van der Waals surface area contributed by atoms with Crippen LogP contribution < -0.4 is 5.32 Å². The summed E-state index contributed by atoms with van der Waals surface area (Å²) in [6, 6.07) is 6.44. The molecule has 0 fully saturated rings. The number of nitrogens with one attached hydrogen (secondary N) is 1. The largest absolute Gasteiger partial charge is 0.467 e. The summed E-state index contributed by atoms with van der Waals surface area (Å²) in [4.78, 5) is 27.2. The molecule has 0 unspecified atom stereocenters. The second-order valence-corrected chi connectivity index (χ2v) is 5.62. The number of carbonyl (C=O) groups is 2. The van der Waals surface area contributed by atoms with Crippen LogP contribution in [0, 0.1) is 0 Å². The van der Waals surface area contributed by atoms with Gasteiger partial charge in [0, 0.05) is 23.4 Å². The van der Waals surface area contributed by atoms with Gasteiger partial charge in [-0.05, 0) is 37.6 Å². The molecule has 0 radical (unpaired) electrons. The summed E-state index contributed by atoms with van der Waals surface area (Å²) in [6.07, 6.45) is 1.25. The molecule has 24 heavy (non-hydrogen) atoms. The zero-order valence-electron chi connectivity index (χ0n) is 13.4. The van der Waals surface area contributed by atoms with Crippen LogP contribution in [0.4, 0.5) is 0 Å². The van der Waals surface area contributed by atoms with Crippen molar-refractivity contribution in [3.8, 4) is 11.4 Å². The highest BCUT2D eigenvalue weighted by molar-refractivity contribution is 6.30. The summed E-state index contributed by atoms with van der Waals surface area (Å²) < 4.78 is 9.71. The van der Waals surface area contributed by atoms with Crippen LogP contribution in [0.15, 0.2) is 28.8 Å². The minimum atomic E-state index is -0.664. The molecule has 0 aliphatic heterocycles. The van der Waals surface area contributed by atoms with Gasteiger partial charge < -0.3 is 14.6 Å². The maximum atomic E-state index is 11.7. The maximum Gasteiger partial charge on any atom is 0.328 e. The van der Waals surface area contributed by atoms with Gasteiger partial charge in [-0.15, -0.1) is 0 Å². The molecular formula is C16H18ClN3O4. The van der Waals surface area contributed by atoms with Crippen molar-refractivity contribution in [3.63, 3.8) is 0 Å². The van der Waals surface area contributed by atoms with E-state index in [-0.39, 0.29) is 12.3 Å². The zero-order chi connectivity index (χ0) is 17.5. The smallest absolute Gasteiger partial charge is 0.328 e. The number of aromatic nitrogens is 2. The number of halogens is 1.